The molecule has 1 amide bonds. The van der Waals surface area contributed by atoms with Gasteiger partial charge in [-0.2, -0.15) is 0 Å². The Balaban J connectivity index is 2.59. The fourth-order valence-corrected chi connectivity index (χ4v) is 1.17. The number of hydrogen-bond acceptors (Lipinski definition) is 3. The van der Waals surface area contributed by atoms with Crippen molar-refractivity contribution in [1.29, 1.82) is 0 Å². The molecule has 0 aliphatic rings. The fraction of sp³-hybridized carbons (Fsp3) is 0.273. The number of aliphatic carboxylic acids is 1. The van der Waals surface area contributed by atoms with E-state index in [1.54, 1.807) is 18.2 Å². The number of nitrogen functional groups attached to an aromatic ring is 1. The number of nitrogens with one attached hydrogen (secondary N) is 1. The molecule has 1 aromatic rings. The first-order chi connectivity index (χ1) is 7.50. The van der Waals surface area contributed by atoms with Gasteiger partial charge in [0.15, 0.2) is 0 Å². The van der Waals surface area contributed by atoms with E-state index in [0.29, 0.717) is 11.3 Å². The Labute approximate surface area is 93.3 Å². The topological polar surface area (TPSA) is 92.4 Å². The predicted molar refractivity (Wildman–Crippen MR) is 60.2 cm³/mol. The first-order valence-electron chi connectivity index (χ1n) is 4.87. The third-order valence-corrected chi connectivity index (χ3v) is 2.17. The fourth-order valence-electron chi connectivity index (χ4n) is 1.17. The molecule has 0 saturated heterocycles. The molecule has 4 N–H and O–H groups in total. The molecule has 0 radical (unpaired) electrons. The summed E-state index contributed by atoms with van der Waals surface area (Å²) in [6.45, 7) is 1.96. The Kier molecular flexibility index (Phi) is 3.88. The van der Waals surface area contributed by atoms with Gasteiger partial charge in [-0.25, -0.2) is 0 Å². The van der Waals surface area contributed by atoms with Gasteiger partial charge in [0.2, 0.25) is 0 Å². The van der Waals surface area contributed by atoms with Crippen molar-refractivity contribution in [1.82, 2.24) is 5.32 Å². The number of benzene rings is 1. The minimum atomic E-state index is -0.941. The maximum absolute atomic E-state index is 11.5. The van der Waals surface area contributed by atoms with E-state index in [-0.39, 0.29) is 18.9 Å². The average Bonchev–Trinajstić information content (AvgIpc) is 2.21. The number of carbonyl (C=O) groups is 2. The second kappa shape index (κ2) is 5.16. The lowest BCUT2D eigenvalue weighted by Crippen LogP contribution is -2.26. The standard InChI is InChI=1S/C11H14N2O3/c1-7-2-3-8(6-9(7)12)11(16)13-5-4-10(14)15/h2-3,6H,4-5,12H2,1H3,(H,13,16)(H,14,15). The maximum atomic E-state index is 11.5. The van der Waals surface area contributed by atoms with Crippen molar-refractivity contribution in [3.05, 3.63) is 29.3 Å². The van der Waals surface area contributed by atoms with E-state index in [1.165, 1.54) is 0 Å². The van der Waals surface area contributed by atoms with E-state index >= 15 is 0 Å². The molecule has 0 atom stereocenters. The molecule has 0 fully saturated rings. The molecular weight excluding hydrogens is 208 g/mol. The summed E-state index contributed by atoms with van der Waals surface area (Å²) in [5.74, 6) is -1.25. The van der Waals surface area contributed by atoms with Crippen LogP contribution in [0.4, 0.5) is 5.69 Å². The first kappa shape index (κ1) is 12.0. The highest BCUT2D eigenvalue weighted by Gasteiger charge is 2.06. The summed E-state index contributed by atoms with van der Waals surface area (Å²) in [5, 5.41) is 10.9. The van der Waals surface area contributed by atoms with Crippen LogP contribution < -0.4 is 11.1 Å². The van der Waals surface area contributed by atoms with Crippen LogP contribution in [0, 0.1) is 6.92 Å². The van der Waals surface area contributed by atoms with Gasteiger partial charge in [0.05, 0.1) is 6.42 Å². The van der Waals surface area contributed by atoms with Gasteiger partial charge in [-0.1, -0.05) is 6.07 Å². The van der Waals surface area contributed by atoms with Gasteiger partial charge >= 0.3 is 5.97 Å². The number of amides is 1. The highest BCUT2D eigenvalue weighted by Crippen LogP contribution is 2.12. The van der Waals surface area contributed by atoms with Crippen molar-refractivity contribution in [2.45, 2.75) is 13.3 Å². The second-order valence-corrected chi connectivity index (χ2v) is 3.47. The van der Waals surface area contributed by atoms with Crippen LogP contribution in [0.1, 0.15) is 22.3 Å². The zero-order chi connectivity index (χ0) is 12.1. The summed E-state index contributed by atoms with van der Waals surface area (Å²) in [5.41, 5.74) is 7.55. The van der Waals surface area contributed by atoms with E-state index in [9.17, 15) is 9.59 Å². The van der Waals surface area contributed by atoms with E-state index in [2.05, 4.69) is 5.32 Å². The zero-order valence-electron chi connectivity index (χ0n) is 8.99. The van der Waals surface area contributed by atoms with E-state index in [0.717, 1.165) is 5.56 Å². The maximum Gasteiger partial charge on any atom is 0.305 e. The highest BCUT2D eigenvalue weighted by molar-refractivity contribution is 5.95. The van der Waals surface area contributed by atoms with Crippen LogP contribution in [0.25, 0.3) is 0 Å². The molecular formula is C11H14N2O3. The van der Waals surface area contributed by atoms with Gasteiger partial charge in [0.1, 0.15) is 0 Å². The summed E-state index contributed by atoms with van der Waals surface area (Å²) in [7, 11) is 0. The average molecular weight is 222 g/mol. The van der Waals surface area contributed by atoms with Gasteiger partial charge < -0.3 is 16.2 Å². The molecule has 16 heavy (non-hydrogen) atoms. The Morgan fingerprint density at radius 1 is 1.44 bits per heavy atom. The summed E-state index contributed by atoms with van der Waals surface area (Å²) in [6.07, 6.45) is -0.0902. The number of carboxylic acid groups (broad SMARTS) is 1. The smallest absolute Gasteiger partial charge is 0.305 e. The molecule has 0 aliphatic carbocycles. The molecule has 0 aromatic heterocycles. The summed E-state index contributed by atoms with van der Waals surface area (Å²) in [4.78, 5) is 21.8. The largest absolute Gasteiger partial charge is 0.481 e. The summed E-state index contributed by atoms with van der Waals surface area (Å²) >= 11 is 0. The SMILES string of the molecule is Cc1ccc(C(=O)NCCC(=O)O)cc1N. The van der Waals surface area contributed by atoms with E-state index < -0.39 is 5.97 Å². The van der Waals surface area contributed by atoms with Crippen molar-refractivity contribution < 1.29 is 14.7 Å². The third kappa shape index (κ3) is 3.27. The van der Waals surface area contributed by atoms with Crippen molar-refractivity contribution in [3.63, 3.8) is 0 Å². The molecule has 0 spiro atoms. The lowest BCUT2D eigenvalue weighted by atomic mass is 10.1. The molecule has 0 heterocycles. The Hall–Kier alpha value is -2.04. The van der Waals surface area contributed by atoms with Crippen molar-refractivity contribution in [3.8, 4) is 0 Å². The molecule has 1 aromatic carbocycles. The van der Waals surface area contributed by atoms with Crippen LogP contribution in [-0.4, -0.2) is 23.5 Å². The molecule has 86 valence electrons. The van der Waals surface area contributed by atoms with Gasteiger partial charge in [-0.15, -0.1) is 0 Å². The van der Waals surface area contributed by atoms with Crippen LogP contribution in [0.2, 0.25) is 0 Å². The van der Waals surface area contributed by atoms with Crippen molar-refractivity contribution in [2.75, 3.05) is 12.3 Å². The number of carboxylic acids is 1. The van der Waals surface area contributed by atoms with Gasteiger partial charge in [-0.3, -0.25) is 9.59 Å². The molecule has 0 bridgehead atoms. The van der Waals surface area contributed by atoms with E-state index in [1.807, 2.05) is 6.92 Å². The van der Waals surface area contributed by atoms with Crippen LogP contribution in [0.5, 0.6) is 0 Å². The third-order valence-electron chi connectivity index (χ3n) is 2.17. The number of hydrogen-bond donors (Lipinski definition) is 3. The summed E-state index contributed by atoms with van der Waals surface area (Å²) < 4.78 is 0. The molecule has 0 unspecified atom stereocenters. The van der Waals surface area contributed by atoms with Gasteiger partial charge in [0.25, 0.3) is 5.91 Å². The Morgan fingerprint density at radius 2 is 2.12 bits per heavy atom. The van der Waals surface area contributed by atoms with Crippen molar-refractivity contribution >= 4 is 17.6 Å². The lowest BCUT2D eigenvalue weighted by Gasteiger charge is -2.05. The number of carbonyl (C=O) groups excluding carboxylic acids is 1. The highest BCUT2D eigenvalue weighted by atomic mass is 16.4. The Bertz CT molecular complexity index is 416. The molecule has 0 saturated carbocycles. The predicted octanol–water partition coefficient (Wildman–Crippen LogP) is 0.782. The first-order valence-corrected chi connectivity index (χ1v) is 4.87. The van der Waals surface area contributed by atoms with Crippen LogP contribution in [0.3, 0.4) is 0 Å². The number of rotatable bonds is 4. The minimum Gasteiger partial charge on any atom is -0.481 e. The quantitative estimate of drug-likeness (QED) is 0.656. The Morgan fingerprint density at radius 3 is 2.69 bits per heavy atom. The minimum absolute atomic E-state index is 0.0902. The number of nitrogens with two attached hydrogens (primary N) is 1. The molecule has 1 rings (SSSR count). The van der Waals surface area contributed by atoms with Gasteiger partial charge in [0, 0.05) is 17.8 Å². The van der Waals surface area contributed by atoms with Crippen LogP contribution >= 0.6 is 0 Å². The number of aryl methyl sites for hydroxylation is 1. The molecule has 5 nitrogen and oxygen atoms in total. The van der Waals surface area contributed by atoms with Gasteiger partial charge in [-0.05, 0) is 24.6 Å². The van der Waals surface area contributed by atoms with E-state index in [4.69, 9.17) is 10.8 Å². The second-order valence-electron chi connectivity index (χ2n) is 3.47. The molecule has 5 heteroatoms. The molecule has 0 aliphatic heterocycles. The normalized spacial score (nSPS) is 9.81. The zero-order valence-corrected chi connectivity index (χ0v) is 8.99. The summed E-state index contributed by atoms with van der Waals surface area (Å²) in [6, 6.07) is 4.98. The van der Waals surface area contributed by atoms with Crippen LogP contribution in [0.15, 0.2) is 18.2 Å². The van der Waals surface area contributed by atoms with Crippen molar-refractivity contribution in [2.24, 2.45) is 0 Å². The monoisotopic (exact) mass is 222 g/mol. The van der Waals surface area contributed by atoms with Crippen LogP contribution in [-0.2, 0) is 4.79 Å². The number of anilines is 1. The lowest BCUT2D eigenvalue weighted by molar-refractivity contribution is -0.136.